The van der Waals surface area contributed by atoms with Crippen molar-refractivity contribution in [3.63, 3.8) is 0 Å². The van der Waals surface area contributed by atoms with Crippen molar-refractivity contribution in [2.75, 3.05) is 13.1 Å². The molecule has 4 heteroatoms. The molecular formula is C19H29N3O. The van der Waals surface area contributed by atoms with Crippen molar-refractivity contribution in [3.05, 3.63) is 35.9 Å². The number of carbonyl (C=O) groups excluding carboxylic acids is 1. The Morgan fingerprint density at radius 3 is 2.57 bits per heavy atom. The summed E-state index contributed by atoms with van der Waals surface area (Å²) in [6.45, 7) is 3.67. The van der Waals surface area contributed by atoms with Gasteiger partial charge < -0.3 is 11.1 Å². The van der Waals surface area contributed by atoms with Gasteiger partial charge in [-0.05, 0) is 25.3 Å². The Hall–Kier alpha value is -1.39. The van der Waals surface area contributed by atoms with Crippen molar-refractivity contribution in [1.82, 2.24) is 10.2 Å². The van der Waals surface area contributed by atoms with Crippen molar-refractivity contribution in [2.45, 2.75) is 63.1 Å². The van der Waals surface area contributed by atoms with Gasteiger partial charge >= 0.3 is 0 Å². The predicted octanol–water partition coefficient (Wildman–Crippen LogP) is 2.25. The fraction of sp³-hybridized carbons (Fsp3) is 0.632. The van der Waals surface area contributed by atoms with E-state index in [1.165, 1.54) is 24.8 Å². The average Bonchev–Trinajstić information content (AvgIpc) is 2.97. The Labute approximate surface area is 139 Å². The van der Waals surface area contributed by atoms with Crippen molar-refractivity contribution in [1.29, 1.82) is 0 Å². The molecule has 3 rings (SSSR count). The molecule has 1 heterocycles. The van der Waals surface area contributed by atoms with Gasteiger partial charge in [0, 0.05) is 31.1 Å². The molecule has 1 aliphatic carbocycles. The first-order valence-corrected chi connectivity index (χ1v) is 9.00. The Balaban J connectivity index is 1.57. The van der Waals surface area contributed by atoms with Gasteiger partial charge in [0.05, 0.1) is 6.04 Å². The van der Waals surface area contributed by atoms with Gasteiger partial charge in [-0.2, -0.15) is 0 Å². The lowest BCUT2D eigenvalue weighted by atomic mass is 9.95. The number of amides is 1. The second-order valence-electron chi connectivity index (χ2n) is 7.15. The number of benzene rings is 1. The molecule has 0 spiro atoms. The van der Waals surface area contributed by atoms with E-state index < -0.39 is 0 Å². The van der Waals surface area contributed by atoms with Crippen LogP contribution < -0.4 is 11.1 Å². The van der Waals surface area contributed by atoms with Crippen molar-refractivity contribution in [3.8, 4) is 0 Å². The van der Waals surface area contributed by atoms with Gasteiger partial charge in [-0.3, -0.25) is 9.69 Å². The number of carbonyl (C=O) groups is 1. The molecule has 3 atom stereocenters. The largest absolute Gasteiger partial charge is 0.352 e. The highest BCUT2D eigenvalue weighted by molar-refractivity contribution is 5.81. The van der Waals surface area contributed by atoms with Crippen molar-refractivity contribution >= 4 is 5.91 Å². The zero-order chi connectivity index (χ0) is 16.2. The Kier molecular flexibility index (Phi) is 5.34. The highest BCUT2D eigenvalue weighted by atomic mass is 16.2. The summed E-state index contributed by atoms with van der Waals surface area (Å²) >= 11 is 0. The molecule has 23 heavy (non-hydrogen) atoms. The highest BCUT2D eigenvalue weighted by Crippen LogP contribution is 2.27. The number of nitrogens with two attached hydrogens (primary N) is 1. The smallest absolute Gasteiger partial charge is 0.237 e. The third kappa shape index (κ3) is 3.93. The summed E-state index contributed by atoms with van der Waals surface area (Å²) in [5.41, 5.74) is 7.63. The number of likely N-dealkylation sites (tertiary alicyclic amines) is 1. The summed E-state index contributed by atoms with van der Waals surface area (Å²) in [7, 11) is 0. The number of rotatable bonds is 4. The molecule has 2 aliphatic rings. The number of nitrogens with one attached hydrogen (secondary N) is 1. The normalized spacial score (nSPS) is 27.7. The van der Waals surface area contributed by atoms with E-state index in [0.717, 1.165) is 25.9 Å². The molecule has 4 nitrogen and oxygen atoms in total. The Morgan fingerprint density at radius 2 is 1.87 bits per heavy atom. The van der Waals surface area contributed by atoms with E-state index in [0.29, 0.717) is 12.0 Å². The van der Waals surface area contributed by atoms with Crippen LogP contribution in [0, 0.1) is 0 Å². The minimum absolute atomic E-state index is 0.0994. The topological polar surface area (TPSA) is 58.4 Å². The maximum atomic E-state index is 12.6. The van der Waals surface area contributed by atoms with Crippen LogP contribution in [-0.4, -0.2) is 42.0 Å². The minimum Gasteiger partial charge on any atom is -0.352 e. The number of hydrogen-bond donors (Lipinski definition) is 2. The molecule has 1 saturated carbocycles. The summed E-state index contributed by atoms with van der Waals surface area (Å²) in [5.74, 6) is 0.485. The van der Waals surface area contributed by atoms with Gasteiger partial charge in [0.25, 0.3) is 0 Å². The SMILES string of the molecule is CC(C(=O)NC1CCCCC1)N1C[C@@H](N)[C@H](c2ccccc2)C1. The van der Waals surface area contributed by atoms with Gasteiger partial charge in [0.2, 0.25) is 5.91 Å². The molecule has 126 valence electrons. The average molecular weight is 315 g/mol. The molecule has 1 aromatic carbocycles. The summed E-state index contributed by atoms with van der Waals surface area (Å²) in [5, 5.41) is 3.24. The third-order valence-corrected chi connectivity index (χ3v) is 5.50. The van der Waals surface area contributed by atoms with Gasteiger partial charge in [-0.25, -0.2) is 0 Å². The quantitative estimate of drug-likeness (QED) is 0.896. The van der Waals surface area contributed by atoms with Gasteiger partial charge in [0.1, 0.15) is 0 Å². The minimum atomic E-state index is -0.100. The lowest BCUT2D eigenvalue weighted by molar-refractivity contribution is -0.126. The van der Waals surface area contributed by atoms with Crippen LogP contribution in [0.5, 0.6) is 0 Å². The van der Waals surface area contributed by atoms with Crippen LogP contribution in [0.4, 0.5) is 0 Å². The fourth-order valence-electron chi connectivity index (χ4n) is 3.96. The van der Waals surface area contributed by atoms with Gasteiger partial charge in [0.15, 0.2) is 0 Å². The fourth-order valence-corrected chi connectivity index (χ4v) is 3.96. The third-order valence-electron chi connectivity index (χ3n) is 5.50. The first kappa shape index (κ1) is 16.5. The van der Waals surface area contributed by atoms with E-state index >= 15 is 0 Å². The molecule has 1 unspecified atom stereocenters. The first-order chi connectivity index (χ1) is 11.1. The van der Waals surface area contributed by atoms with Crippen molar-refractivity contribution < 1.29 is 4.79 Å². The molecule has 0 radical (unpaired) electrons. The summed E-state index contributed by atoms with van der Waals surface area (Å²) < 4.78 is 0. The van der Waals surface area contributed by atoms with E-state index in [1.54, 1.807) is 0 Å². The zero-order valence-corrected chi connectivity index (χ0v) is 14.1. The van der Waals surface area contributed by atoms with Gasteiger partial charge in [-0.15, -0.1) is 0 Å². The molecule has 0 aromatic heterocycles. The van der Waals surface area contributed by atoms with E-state index in [2.05, 4.69) is 34.5 Å². The van der Waals surface area contributed by atoms with E-state index in [-0.39, 0.29) is 18.0 Å². The van der Waals surface area contributed by atoms with Crippen LogP contribution in [0.1, 0.15) is 50.5 Å². The molecule has 0 bridgehead atoms. The van der Waals surface area contributed by atoms with E-state index in [1.807, 2.05) is 13.0 Å². The van der Waals surface area contributed by atoms with E-state index in [9.17, 15) is 4.79 Å². The van der Waals surface area contributed by atoms with E-state index in [4.69, 9.17) is 5.73 Å². The molecule has 2 fully saturated rings. The summed E-state index contributed by atoms with van der Waals surface area (Å²) in [4.78, 5) is 14.8. The second kappa shape index (κ2) is 7.45. The lowest BCUT2D eigenvalue weighted by Gasteiger charge is -2.28. The van der Waals surface area contributed by atoms with Crippen LogP contribution in [0.3, 0.4) is 0 Å². The molecular weight excluding hydrogens is 286 g/mol. The van der Waals surface area contributed by atoms with Crippen LogP contribution in [-0.2, 0) is 4.79 Å². The van der Waals surface area contributed by atoms with Crippen LogP contribution in [0.25, 0.3) is 0 Å². The first-order valence-electron chi connectivity index (χ1n) is 9.00. The van der Waals surface area contributed by atoms with Crippen LogP contribution in [0.15, 0.2) is 30.3 Å². The maximum Gasteiger partial charge on any atom is 0.237 e. The van der Waals surface area contributed by atoms with Crippen molar-refractivity contribution in [2.24, 2.45) is 5.73 Å². The molecule has 1 aliphatic heterocycles. The summed E-state index contributed by atoms with van der Waals surface area (Å²) in [6, 6.07) is 10.8. The molecule has 3 N–H and O–H groups in total. The highest BCUT2D eigenvalue weighted by Gasteiger charge is 2.36. The van der Waals surface area contributed by atoms with Crippen LogP contribution in [0.2, 0.25) is 0 Å². The molecule has 1 amide bonds. The molecule has 1 saturated heterocycles. The Morgan fingerprint density at radius 1 is 1.17 bits per heavy atom. The number of hydrogen-bond acceptors (Lipinski definition) is 3. The number of nitrogens with zero attached hydrogens (tertiary/aromatic N) is 1. The lowest BCUT2D eigenvalue weighted by Crippen LogP contribution is -2.48. The second-order valence-corrected chi connectivity index (χ2v) is 7.15. The Bertz CT molecular complexity index is 513. The zero-order valence-electron chi connectivity index (χ0n) is 14.1. The molecule has 1 aromatic rings. The van der Waals surface area contributed by atoms with Gasteiger partial charge in [-0.1, -0.05) is 49.6 Å². The predicted molar refractivity (Wildman–Crippen MR) is 93.2 cm³/mol. The van der Waals surface area contributed by atoms with Crippen LogP contribution >= 0.6 is 0 Å². The standard InChI is InChI=1S/C19H29N3O/c1-14(19(23)21-16-10-6-3-7-11-16)22-12-17(18(20)13-22)15-8-4-2-5-9-15/h2,4-5,8-9,14,16-18H,3,6-7,10-13,20H2,1H3,(H,21,23)/t14?,17-,18+/m0/s1. The monoisotopic (exact) mass is 315 g/mol. The summed E-state index contributed by atoms with van der Waals surface area (Å²) in [6.07, 6.45) is 6.05. The maximum absolute atomic E-state index is 12.6.